The molecular weight excluding hydrogens is 84.1 g/mol. The van der Waals surface area contributed by atoms with Gasteiger partial charge >= 0.3 is 0 Å². The van der Waals surface area contributed by atoms with Crippen LogP contribution < -0.4 is 10.3 Å². The van der Waals surface area contributed by atoms with E-state index in [4.69, 9.17) is 0 Å². The third-order valence-electron chi connectivity index (χ3n) is 0.256. The largest absolute Gasteiger partial charge is 0.249 e. The average Bonchev–Trinajstić information content (AvgIpc) is 1.41. The first-order valence-corrected chi connectivity index (χ1v) is 1.98. The zero-order valence-electron chi connectivity index (χ0n) is 3.15. The van der Waals surface area contributed by atoms with Crippen LogP contribution in [-0.2, 0) is 0 Å². The van der Waals surface area contributed by atoms with Crippen LogP contribution in [0.1, 0.15) is 6.92 Å². The third-order valence-corrected chi connectivity index (χ3v) is 0.414. The van der Waals surface area contributed by atoms with Gasteiger partial charge in [-0.1, -0.05) is 19.7 Å². The molecule has 0 aromatic carbocycles. The van der Waals surface area contributed by atoms with Crippen LogP contribution in [0.25, 0.3) is 0 Å². The Morgan fingerprint density at radius 1 is 1.80 bits per heavy atom. The number of hydrazine groups is 1. The van der Waals surface area contributed by atoms with Gasteiger partial charge in [0.1, 0.15) is 0 Å². The molecule has 5 heavy (non-hydrogen) atoms. The summed E-state index contributed by atoms with van der Waals surface area (Å²) in [4.78, 5) is 2.46. The van der Waals surface area contributed by atoms with E-state index in [0.29, 0.717) is 0 Å². The normalized spacial score (nSPS) is 8.40. The Hall–Kier alpha value is 0.270. The van der Waals surface area contributed by atoms with Crippen molar-refractivity contribution in [3.05, 3.63) is 0 Å². The van der Waals surface area contributed by atoms with Crippen LogP contribution in [0.5, 0.6) is 0 Å². The topological polar surface area (TPSA) is 24.1 Å². The zero-order chi connectivity index (χ0) is 4.12. The lowest BCUT2D eigenvalue weighted by atomic mass is 10.8. The van der Waals surface area contributed by atoms with E-state index >= 15 is 0 Å². The Morgan fingerprint density at radius 3 is 2.40 bits per heavy atom. The minimum Gasteiger partial charge on any atom is -0.249 e. The molecule has 0 rings (SSSR count). The molecule has 0 saturated carbocycles. The molecule has 32 valence electrons. The van der Waals surface area contributed by atoms with Crippen molar-refractivity contribution < 1.29 is 0 Å². The lowest BCUT2D eigenvalue weighted by Crippen LogP contribution is -2.21. The molecule has 2 N–H and O–H groups in total. The molecule has 0 aromatic heterocycles. The van der Waals surface area contributed by atoms with E-state index in [2.05, 4.69) is 23.1 Å². The summed E-state index contributed by atoms with van der Waals surface area (Å²) in [5.41, 5.74) is 2.73. The Morgan fingerprint density at radius 2 is 2.40 bits per heavy atom. The Balaban J connectivity index is 2.19. The van der Waals surface area contributed by atoms with Crippen molar-refractivity contribution in [1.29, 1.82) is 0 Å². The highest BCUT2D eigenvalue weighted by atomic mass is 32.1. The van der Waals surface area contributed by atoms with Gasteiger partial charge in [0.25, 0.3) is 0 Å². The van der Waals surface area contributed by atoms with Gasteiger partial charge in [0.05, 0.1) is 0 Å². The van der Waals surface area contributed by atoms with E-state index in [1.165, 1.54) is 0 Å². The van der Waals surface area contributed by atoms with Crippen LogP contribution in [0.3, 0.4) is 0 Å². The number of rotatable bonds is 2. The first-order valence-electron chi connectivity index (χ1n) is 1.53. The summed E-state index contributed by atoms with van der Waals surface area (Å²) >= 11 is 3.64. The molecule has 2 nitrogen and oxygen atoms in total. The standard InChI is InChI=1S/C2H8N2S/c1-2-3-4-5/h3-5H,2H2,1H3. The molecule has 0 bridgehead atoms. The minimum absolute atomic E-state index is 0.906. The van der Waals surface area contributed by atoms with Crippen molar-refractivity contribution in [3.63, 3.8) is 0 Å². The van der Waals surface area contributed by atoms with Gasteiger partial charge in [-0.2, -0.15) is 0 Å². The maximum absolute atomic E-state index is 3.64. The van der Waals surface area contributed by atoms with E-state index in [0.717, 1.165) is 6.54 Å². The van der Waals surface area contributed by atoms with Crippen molar-refractivity contribution in [3.8, 4) is 0 Å². The molecule has 0 saturated heterocycles. The maximum Gasteiger partial charge on any atom is 0.00801 e. The first kappa shape index (κ1) is 5.27. The quantitative estimate of drug-likeness (QED) is 0.328. The van der Waals surface area contributed by atoms with Crippen LogP contribution in [0.15, 0.2) is 0 Å². The van der Waals surface area contributed by atoms with E-state index in [-0.39, 0.29) is 0 Å². The van der Waals surface area contributed by atoms with Crippen LogP contribution in [-0.4, -0.2) is 6.54 Å². The fourth-order valence-electron chi connectivity index (χ4n) is 0.0791. The Labute approximate surface area is 37.5 Å². The highest BCUT2D eigenvalue weighted by Gasteiger charge is 1.60. The maximum atomic E-state index is 3.64. The van der Waals surface area contributed by atoms with Crippen LogP contribution in [0.2, 0.25) is 0 Å². The molecule has 0 amide bonds. The summed E-state index contributed by atoms with van der Waals surface area (Å²) in [6, 6.07) is 0. The molecule has 0 fully saturated rings. The molecule has 0 atom stereocenters. The molecule has 0 heterocycles. The van der Waals surface area contributed by atoms with E-state index in [9.17, 15) is 0 Å². The Bertz CT molecular complexity index is 15.1. The van der Waals surface area contributed by atoms with Crippen LogP contribution >= 0.6 is 12.8 Å². The van der Waals surface area contributed by atoms with Crippen LogP contribution in [0.4, 0.5) is 0 Å². The fourth-order valence-corrected chi connectivity index (χ4v) is 0.237. The molecule has 3 heteroatoms. The van der Waals surface area contributed by atoms with Gasteiger partial charge in [0.2, 0.25) is 0 Å². The molecule has 0 radical (unpaired) electrons. The summed E-state index contributed by atoms with van der Waals surface area (Å²) in [5, 5.41) is 0. The first-order chi connectivity index (χ1) is 2.41. The molecular formula is C2H8N2S. The summed E-state index contributed by atoms with van der Waals surface area (Å²) in [5.74, 6) is 0. The van der Waals surface area contributed by atoms with Gasteiger partial charge < -0.3 is 0 Å². The van der Waals surface area contributed by atoms with E-state index < -0.39 is 0 Å². The second-order valence-corrected chi connectivity index (χ2v) is 0.866. The predicted molar refractivity (Wildman–Crippen MR) is 25.8 cm³/mol. The number of hydrogen-bond acceptors (Lipinski definition) is 3. The zero-order valence-corrected chi connectivity index (χ0v) is 4.05. The Kier molecular flexibility index (Phi) is 4.50. The fraction of sp³-hybridized carbons (Fsp3) is 1.00. The van der Waals surface area contributed by atoms with Crippen molar-refractivity contribution in [1.82, 2.24) is 10.3 Å². The van der Waals surface area contributed by atoms with Crippen LogP contribution in [0, 0.1) is 0 Å². The summed E-state index contributed by atoms with van der Waals surface area (Å²) in [7, 11) is 0. The lowest BCUT2D eigenvalue weighted by Gasteiger charge is -1.88. The minimum atomic E-state index is 0.906. The number of thiol groups is 1. The van der Waals surface area contributed by atoms with Crippen molar-refractivity contribution in [2.45, 2.75) is 6.92 Å². The smallest absolute Gasteiger partial charge is 0.00801 e. The summed E-state index contributed by atoms with van der Waals surface area (Å²) < 4.78 is 0. The van der Waals surface area contributed by atoms with Gasteiger partial charge in [-0.25, -0.2) is 10.3 Å². The average molecular weight is 92.2 g/mol. The van der Waals surface area contributed by atoms with Crippen molar-refractivity contribution in [2.75, 3.05) is 6.54 Å². The van der Waals surface area contributed by atoms with Crippen molar-refractivity contribution >= 4 is 12.8 Å². The highest BCUT2D eigenvalue weighted by molar-refractivity contribution is 7.78. The number of nitrogens with one attached hydrogen (secondary N) is 2. The second kappa shape index (κ2) is 4.27. The van der Waals surface area contributed by atoms with Crippen molar-refractivity contribution in [2.24, 2.45) is 0 Å². The summed E-state index contributed by atoms with van der Waals surface area (Å²) in [6.45, 7) is 2.90. The summed E-state index contributed by atoms with van der Waals surface area (Å²) in [6.07, 6.45) is 0. The van der Waals surface area contributed by atoms with E-state index in [1.54, 1.807) is 0 Å². The number of hydrogen-bond donors (Lipinski definition) is 3. The molecule has 0 unspecified atom stereocenters. The molecule has 0 aromatic rings. The molecule has 0 aliphatic rings. The molecule has 0 aliphatic carbocycles. The highest BCUT2D eigenvalue weighted by Crippen LogP contribution is 1.46. The third kappa shape index (κ3) is 4.27. The SMILES string of the molecule is CCNNS. The van der Waals surface area contributed by atoms with Gasteiger partial charge in [-0.15, -0.1) is 0 Å². The second-order valence-electron chi connectivity index (χ2n) is 0.642. The van der Waals surface area contributed by atoms with Gasteiger partial charge in [0, 0.05) is 6.54 Å². The van der Waals surface area contributed by atoms with Gasteiger partial charge in [-0.3, -0.25) is 0 Å². The van der Waals surface area contributed by atoms with Gasteiger partial charge in [0.15, 0.2) is 0 Å². The predicted octanol–water partition coefficient (Wildman–Crippen LogP) is -0.0547. The monoisotopic (exact) mass is 92.0 g/mol. The van der Waals surface area contributed by atoms with E-state index in [1.807, 2.05) is 6.92 Å². The molecule has 0 spiro atoms. The molecule has 0 aliphatic heterocycles. The van der Waals surface area contributed by atoms with Gasteiger partial charge in [-0.05, 0) is 0 Å². The lowest BCUT2D eigenvalue weighted by molar-refractivity contribution is 0.725.